The van der Waals surface area contributed by atoms with Crippen LogP contribution in [-0.2, 0) is 14.0 Å². The largest absolute Gasteiger partial charge is 0.417 e. The van der Waals surface area contributed by atoms with Gasteiger partial charge in [0.2, 0.25) is 0 Å². The van der Waals surface area contributed by atoms with Crippen molar-refractivity contribution in [1.29, 1.82) is 0 Å². The summed E-state index contributed by atoms with van der Waals surface area (Å²) in [7, 11) is -0.0666. The maximum atomic E-state index is 12.5. The van der Waals surface area contributed by atoms with Gasteiger partial charge in [0.1, 0.15) is 6.10 Å². The highest BCUT2D eigenvalue weighted by Crippen LogP contribution is 2.41. The molecule has 4 atom stereocenters. The molecule has 0 spiro atoms. The third-order valence-electron chi connectivity index (χ3n) is 6.79. The minimum Gasteiger partial charge on any atom is -0.417 e. The van der Waals surface area contributed by atoms with Crippen LogP contribution in [0.5, 0.6) is 0 Å². The zero-order valence-electron chi connectivity index (χ0n) is 18.9. The van der Waals surface area contributed by atoms with E-state index in [-0.39, 0.29) is 22.8 Å². The van der Waals surface area contributed by atoms with Crippen LogP contribution < -0.4 is 0 Å². The van der Waals surface area contributed by atoms with Gasteiger partial charge >= 0.3 is 0 Å². The molecule has 1 aliphatic carbocycles. The Balaban J connectivity index is 2.84. The molecule has 4 heteroatoms. The molecule has 0 saturated heterocycles. The van der Waals surface area contributed by atoms with Gasteiger partial charge in [-0.05, 0) is 48.2 Å². The Labute approximate surface area is 163 Å². The number of ether oxygens (including phenoxy) is 1. The van der Waals surface area contributed by atoms with Crippen LogP contribution in [0.15, 0.2) is 0 Å². The molecule has 0 aromatic rings. The minimum atomic E-state index is -1.77. The van der Waals surface area contributed by atoms with Crippen molar-refractivity contribution in [1.82, 2.24) is 0 Å². The summed E-state index contributed by atoms with van der Waals surface area (Å²) in [5, 5.41) is 0.219. The molecule has 0 bridgehead atoms. The molecule has 0 aliphatic heterocycles. The van der Waals surface area contributed by atoms with Crippen LogP contribution in [0.3, 0.4) is 0 Å². The fourth-order valence-electron chi connectivity index (χ4n) is 3.94. The zero-order chi connectivity index (χ0) is 20.1. The van der Waals surface area contributed by atoms with Crippen molar-refractivity contribution < 1.29 is 14.0 Å². The first-order valence-electron chi connectivity index (χ1n) is 10.6. The predicted molar refractivity (Wildman–Crippen MR) is 113 cm³/mol. The third-order valence-corrected chi connectivity index (χ3v) is 11.3. The Kier molecular flexibility index (Phi) is 9.02. The Morgan fingerprint density at radius 3 is 2.27 bits per heavy atom. The molecule has 1 aliphatic rings. The van der Waals surface area contributed by atoms with E-state index in [2.05, 4.69) is 54.6 Å². The van der Waals surface area contributed by atoms with Crippen LogP contribution in [0.25, 0.3) is 0 Å². The number of rotatable bonds is 9. The molecular formula is C22H44O3Si. The monoisotopic (exact) mass is 384 g/mol. The highest BCUT2D eigenvalue weighted by Gasteiger charge is 2.43. The van der Waals surface area contributed by atoms with Crippen molar-refractivity contribution in [3.63, 3.8) is 0 Å². The van der Waals surface area contributed by atoms with E-state index < -0.39 is 8.32 Å². The number of hydrogen-bond acceptors (Lipinski definition) is 3. The molecule has 0 radical (unpaired) electrons. The van der Waals surface area contributed by atoms with E-state index in [0.29, 0.717) is 18.3 Å². The smallest absolute Gasteiger partial charge is 0.191 e. The predicted octanol–water partition coefficient (Wildman–Crippen LogP) is 6.08. The van der Waals surface area contributed by atoms with Gasteiger partial charge in [-0.1, -0.05) is 60.8 Å². The normalized spacial score (nSPS) is 26.4. The lowest BCUT2D eigenvalue weighted by atomic mass is 9.69. The number of hydrogen-bond donors (Lipinski definition) is 0. The van der Waals surface area contributed by atoms with Crippen LogP contribution >= 0.6 is 0 Å². The van der Waals surface area contributed by atoms with Gasteiger partial charge in [-0.15, -0.1) is 0 Å². The quantitative estimate of drug-likeness (QED) is 0.452. The van der Waals surface area contributed by atoms with Crippen molar-refractivity contribution in [2.24, 2.45) is 23.7 Å². The van der Waals surface area contributed by atoms with Crippen LogP contribution in [0.1, 0.15) is 73.6 Å². The van der Waals surface area contributed by atoms with E-state index in [0.717, 1.165) is 18.9 Å². The zero-order valence-corrected chi connectivity index (χ0v) is 19.9. The number of Topliss-reactive ketones (excluding diaryl/α,β-unsaturated/α-hetero) is 1. The molecule has 0 N–H and O–H groups in total. The number of carbonyl (C=O) groups excluding carboxylic acids is 1. The second-order valence-corrected chi connectivity index (χ2v) is 15.2. The second-order valence-electron chi connectivity index (χ2n) is 10.4. The summed E-state index contributed by atoms with van der Waals surface area (Å²) in [6.45, 7) is 19.1. The van der Waals surface area contributed by atoms with Crippen molar-refractivity contribution in [2.45, 2.75) is 97.9 Å². The van der Waals surface area contributed by atoms with E-state index in [9.17, 15) is 4.79 Å². The summed E-state index contributed by atoms with van der Waals surface area (Å²) in [6.07, 6.45) is 5.01. The van der Waals surface area contributed by atoms with E-state index in [1.165, 1.54) is 19.3 Å². The first-order chi connectivity index (χ1) is 11.9. The van der Waals surface area contributed by atoms with Crippen LogP contribution in [0.2, 0.25) is 18.1 Å². The van der Waals surface area contributed by atoms with Gasteiger partial charge in [-0.3, -0.25) is 4.79 Å². The molecule has 154 valence electrons. The van der Waals surface area contributed by atoms with Gasteiger partial charge in [0.25, 0.3) is 0 Å². The molecule has 1 saturated carbocycles. The molecule has 3 nitrogen and oxygen atoms in total. The molecule has 0 aromatic carbocycles. The maximum Gasteiger partial charge on any atom is 0.191 e. The van der Waals surface area contributed by atoms with Crippen molar-refractivity contribution in [2.75, 3.05) is 13.7 Å². The molecule has 1 rings (SSSR count). The molecule has 0 aromatic heterocycles. The standard InChI is InChI=1S/C22H44O3Si/c1-16(2)11-10-12-17(3)20-18(13-14-19(23)21(20)24-7)15-25-26(8,9)22(4,5)6/h16-18,20-21H,10-15H2,1-9H3/t17?,18-,20-,21-/m1/s1. The lowest BCUT2D eigenvalue weighted by Crippen LogP contribution is -2.48. The molecule has 1 unspecified atom stereocenters. The molecular weight excluding hydrogens is 340 g/mol. The Hall–Kier alpha value is -0.193. The first kappa shape index (κ1) is 23.8. The fourth-order valence-corrected chi connectivity index (χ4v) is 5.01. The summed E-state index contributed by atoms with van der Waals surface area (Å²) >= 11 is 0. The van der Waals surface area contributed by atoms with E-state index >= 15 is 0 Å². The van der Waals surface area contributed by atoms with Crippen LogP contribution in [0, 0.1) is 23.7 Å². The van der Waals surface area contributed by atoms with Crippen molar-refractivity contribution in [3.8, 4) is 0 Å². The first-order valence-corrected chi connectivity index (χ1v) is 13.5. The van der Waals surface area contributed by atoms with E-state index in [1.54, 1.807) is 7.11 Å². The summed E-state index contributed by atoms with van der Waals surface area (Å²) in [6, 6.07) is 0. The summed E-state index contributed by atoms with van der Waals surface area (Å²) < 4.78 is 12.3. The fraction of sp³-hybridized carbons (Fsp3) is 0.955. The summed E-state index contributed by atoms with van der Waals surface area (Å²) in [5.74, 6) is 2.25. The highest BCUT2D eigenvalue weighted by molar-refractivity contribution is 6.74. The average Bonchev–Trinajstić information content (AvgIpc) is 2.51. The number of methoxy groups -OCH3 is 1. The van der Waals surface area contributed by atoms with E-state index in [1.807, 2.05) is 0 Å². The average molecular weight is 385 g/mol. The Morgan fingerprint density at radius 1 is 1.15 bits per heavy atom. The van der Waals surface area contributed by atoms with Gasteiger partial charge in [0.05, 0.1) is 0 Å². The Morgan fingerprint density at radius 2 is 1.77 bits per heavy atom. The molecule has 0 heterocycles. The van der Waals surface area contributed by atoms with Gasteiger partial charge in [-0.25, -0.2) is 0 Å². The van der Waals surface area contributed by atoms with E-state index in [4.69, 9.17) is 9.16 Å². The number of carbonyl (C=O) groups is 1. The summed E-state index contributed by atoms with van der Waals surface area (Å²) in [5.41, 5.74) is 0. The molecule has 26 heavy (non-hydrogen) atoms. The lowest BCUT2D eigenvalue weighted by Gasteiger charge is -2.43. The summed E-state index contributed by atoms with van der Waals surface area (Å²) in [4.78, 5) is 12.5. The van der Waals surface area contributed by atoms with Crippen LogP contribution in [-0.4, -0.2) is 33.9 Å². The molecule has 0 amide bonds. The maximum absolute atomic E-state index is 12.5. The highest BCUT2D eigenvalue weighted by atomic mass is 28.4. The topological polar surface area (TPSA) is 35.5 Å². The Bertz CT molecular complexity index is 439. The SMILES string of the molecule is CO[C@@H]1C(=O)CC[C@H](CO[Si](C)(C)C(C)(C)C)[C@H]1C(C)CCCC(C)C. The minimum absolute atomic E-state index is 0.219. The van der Waals surface area contributed by atoms with Crippen molar-refractivity contribution >= 4 is 14.1 Å². The third kappa shape index (κ3) is 6.45. The van der Waals surface area contributed by atoms with Crippen LogP contribution in [0.4, 0.5) is 0 Å². The number of ketones is 1. The molecule has 1 fully saturated rings. The van der Waals surface area contributed by atoms with Gasteiger partial charge in [0, 0.05) is 20.1 Å². The lowest BCUT2D eigenvalue weighted by molar-refractivity contribution is -0.141. The van der Waals surface area contributed by atoms with Gasteiger partial charge in [0.15, 0.2) is 14.1 Å². The van der Waals surface area contributed by atoms with Crippen molar-refractivity contribution in [3.05, 3.63) is 0 Å². The second kappa shape index (κ2) is 9.84. The van der Waals surface area contributed by atoms with Gasteiger partial charge < -0.3 is 9.16 Å². The van der Waals surface area contributed by atoms with Gasteiger partial charge in [-0.2, -0.15) is 0 Å².